The zero-order valence-corrected chi connectivity index (χ0v) is 63.5. The average molecular weight is 1570 g/mol. The number of carbonyl (C=O) groups is 11. The van der Waals surface area contributed by atoms with E-state index < -0.39 is 113 Å². The summed E-state index contributed by atoms with van der Waals surface area (Å²) < 4.78 is 5.97. The molecule has 31 N–H and O–H groups in total. The molecule has 113 heavy (non-hydrogen) atoms. The first-order chi connectivity index (χ1) is 53.9. The number of carboxylic acids is 1. The van der Waals surface area contributed by atoms with Crippen LogP contribution in [0.5, 0.6) is 11.5 Å². The van der Waals surface area contributed by atoms with E-state index in [0.29, 0.717) is 93.8 Å². The molecule has 616 valence electrons. The average Bonchev–Trinajstić information content (AvgIpc) is 0.746. The van der Waals surface area contributed by atoms with E-state index in [0.717, 1.165) is 5.56 Å². The van der Waals surface area contributed by atoms with Crippen molar-refractivity contribution in [3.8, 4) is 33.9 Å². The van der Waals surface area contributed by atoms with Crippen LogP contribution in [0.15, 0.2) is 88.1 Å². The first-order valence-electron chi connectivity index (χ1n) is 37.8. The Bertz CT molecular complexity index is 4100. The van der Waals surface area contributed by atoms with Gasteiger partial charge in [0.05, 0.1) is 5.56 Å². The number of unbranched alkanes of at least 4 members (excludes halogenated alkanes) is 2. The lowest BCUT2D eigenvalue weighted by Gasteiger charge is -2.25. The number of aryl methyl sites for hydroxylation is 1. The Hall–Kier alpha value is -12.2. The van der Waals surface area contributed by atoms with Crippen molar-refractivity contribution in [3.63, 3.8) is 0 Å². The Morgan fingerprint density at radius 2 is 0.850 bits per heavy atom. The SMILES string of the molecule is N=C(N)NCCC[C@@H](CC(=O)N[C@@H](CCCCN)CC(=O)N[C@@H](CCCCN)CC(=O)N[C@@H](CCCNC(=N)N)CC(=O)N[C@@H](CCCNC(=N)N)CC(=O)N[C@@H](CCC(N)=O)CC(N)=O)NC(=O)CCNC(=O)C[C@H](CCc1ccc(O)cc1)NC(=O)c1ccc(C(=O)O)c(-c2c3ccc(=O)cc-3oc3cc(O)ccc23)c1. The number of phenolic OH excluding ortho intramolecular Hbond substituents is 2. The van der Waals surface area contributed by atoms with E-state index in [4.69, 9.17) is 60.8 Å². The van der Waals surface area contributed by atoms with E-state index in [1.165, 1.54) is 66.7 Å². The smallest absolute Gasteiger partial charge is 0.336 e. The second kappa shape index (κ2) is 48.5. The molecule has 0 bridgehead atoms. The molecule has 37 heteroatoms. The van der Waals surface area contributed by atoms with Crippen LogP contribution in [0.2, 0.25) is 0 Å². The molecule has 0 aromatic heterocycles. The third-order valence-corrected chi connectivity index (χ3v) is 18.3. The van der Waals surface area contributed by atoms with Crippen LogP contribution in [0.25, 0.3) is 33.4 Å². The van der Waals surface area contributed by atoms with Crippen LogP contribution >= 0.6 is 0 Å². The number of aromatic carboxylic acids is 1. The number of phenols is 2. The molecular formula is C76H111N21O16. The number of fused-ring (bicyclic) bond motifs is 2. The minimum absolute atomic E-state index is 0.00872. The molecule has 1 heterocycles. The number of amides is 10. The number of primary amides is 2. The first kappa shape index (κ1) is 91.5. The fourth-order valence-corrected chi connectivity index (χ4v) is 12.9. The molecule has 7 atom stereocenters. The number of guanidine groups is 3. The molecule has 0 spiro atoms. The van der Waals surface area contributed by atoms with Crippen molar-refractivity contribution in [1.82, 2.24) is 58.5 Å². The van der Waals surface area contributed by atoms with Crippen molar-refractivity contribution in [3.05, 3.63) is 106 Å². The molecule has 0 saturated heterocycles. The highest BCUT2D eigenvalue weighted by atomic mass is 16.4. The fraction of sp³-hybridized carbons (Fsp3) is 0.487. The number of nitrogens with one attached hydrogen (secondary N) is 14. The molecule has 1 aliphatic heterocycles. The molecule has 1 aliphatic carbocycles. The van der Waals surface area contributed by atoms with Crippen LogP contribution in [0, 0.1) is 16.2 Å². The van der Waals surface area contributed by atoms with Crippen LogP contribution in [-0.4, -0.2) is 180 Å². The molecule has 0 unspecified atom stereocenters. The predicted molar refractivity (Wildman–Crippen MR) is 423 cm³/mol. The Morgan fingerprint density at radius 3 is 1.30 bits per heavy atom. The molecule has 2 aliphatic rings. The van der Waals surface area contributed by atoms with Crippen molar-refractivity contribution in [2.75, 3.05) is 39.3 Å². The van der Waals surface area contributed by atoms with Crippen molar-refractivity contribution in [1.29, 1.82) is 16.2 Å². The minimum Gasteiger partial charge on any atom is -0.508 e. The summed E-state index contributed by atoms with van der Waals surface area (Å²) >= 11 is 0. The third-order valence-electron chi connectivity index (χ3n) is 18.3. The fourth-order valence-electron chi connectivity index (χ4n) is 12.9. The van der Waals surface area contributed by atoms with Crippen molar-refractivity contribution < 1.29 is 72.5 Å². The van der Waals surface area contributed by atoms with Gasteiger partial charge in [-0.3, -0.25) is 69.0 Å². The number of benzene rings is 4. The van der Waals surface area contributed by atoms with Gasteiger partial charge in [-0.1, -0.05) is 25.0 Å². The van der Waals surface area contributed by atoms with Crippen LogP contribution in [0.3, 0.4) is 0 Å². The normalized spacial score (nSPS) is 12.9. The molecule has 37 nitrogen and oxygen atoms in total. The largest absolute Gasteiger partial charge is 0.508 e. The van der Waals surface area contributed by atoms with Gasteiger partial charge in [-0.25, -0.2) is 4.79 Å². The van der Waals surface area contributed by atoms with Gasteiger partial charge in [0.1, 0.15) is 22.8 Å². The van der Waals surface area contributed by atoms with Gasteiger partial charge in [0.25, 0.3) is 5.91 Å². The standard InChI is InChI=1S/C76H111N21O16/c77-28-3-1-8-46(37-66(105)92-47(9-2-4-29-78)38-67(106)94-49(11-6-31-89-75(83)84)40-69(108)95-50(12-7-32-90-76(85)86)41-70(109)96-51(35-63(80)102)18-26-62(79)101)93-68(107)39-48(10-5-30-88-74(81)82)91-64(103)27-33-87-65(104)36-52(17-13-44-14-19-53(98)20-15-44)97-72(110)45-16-23-56(73(111)112)59(34-45)71-57-24-21-54(99)42-60(57)113-61-43-55(100)22-25-58(61)71/h14-16,19-25,34,42-43,46-52,98-99H,1-13,17-18,26-33,35-41,77-78H2,(H2,79,101)(H2,80,102)(H,87,104)(H,91,103)(H,92,105)(H,93,107)(H,94,106)(H,95,108)(H,96,109)(H,97,110)(H,111,112)(H4,81,82,88)(H4,83,84,89)(H4,85,86,90)/t46-,47-,48-,49-,50-,51-,52-/m0/s1. The van der Waals surface area contributed by atoms with E-state index in [-0.39, 0.29) is 173 Å². The van der Waals surface area contributed by atoms with E-state index in [1.54, 1.807) is 12.1 Å². The lowest BCUT2D eigenvalue weighted by atomic mass is 9.89. The van der Waals surface area contributed by atoms with Gasteiger partial charge in [0.2, 0.25) is 53.2 Å². The highest BCUT2D eigenvalue weighted by Gasteiger charge is 2.29. The molecule has 5 rings (SSSR count). The predicted octanol–water partition coefficient (Wildman–Crippen LogP) is 0.350. The zero-order chi connectivity index (χ0) is 82.9. The Kier molecular flexibility index (Phi) is 39.2. The highest BCUT2D eigenvalue weighted by molar-refractivity contribution is 6.09. The van der Waals surface area contributed by atoms with Gasteiger partial charge in [0.15, 0.2) is 23.3 Å². The summed E-state index contributed by atoms with van der Waals surface area (Å²) in [4.78, 5) is 160. The van der Waals surface area contributed by atoms with E-state index in [1.807, 2.05) is 0 Å². The van der Waals surface area contributed by atoms with Crippen LogP contribution in [0.4, 0.5) is 0 Å². The number of hydrogen-bond acceptors (Lipinski definition) is 20. The maximum atomic E-state index is 14.4. The van der Waals surface area contributed by atoms with Crippen molar-refractivity contribution >= 4 is 93.9 Å². The number of carboxylic acid groups (broad SMARTS) is 1. The number of rotatable bonds is 53. The molecule has 0 saturated carbocycles. The van der Waals surface area contributed by atoms with E-state index >= 15 is 0 Å². The maximum absolute atomic E-state index is 14.4. The Balaban J connectivity index is 1.26. The van der Waals surface area contributed by atoms with Gasteiger partial charge in [-0.15, -0.1) is 0 Å². The number of nitrogens with two attached hydrogens (primary N) is 7. The van der Waals surface area contributed by atoms with Crippen molar-refractivity contribution in [2.45, 2.75) is 196 Å². The topological polar surface area (TPSA) is 665 Å². The zero-order valence-electron chi connectivity index (χ0n) is 63.5. The second-order valence-electron chi connectivity index (χ2n) is 27.9. The summed E-state index contributed by atoms with van der Waals surface area (Å²) in [6.45, 7) is 1.11. The van der Waals surface area contributed by atoms with Gasteiger partial charge < -0.3 is 118 Å². The van der Waals surface area contributed by atoms with Crippen LogP contribution in [-0.2, 0) is 49.6 Å². The highest BCUT2D eigenvalue weighted by Crippen LogP contribution is 2.42. The van der Waals surface area contributed by atoms with Gasteiger partial charge >= 0.3 is 5.97 Å². The Morgan fingerprint density at radius 1 is 0.407 bits per heavy atom. The summed E-state index contributed by atoms with van der Waals surface area (Å²) in [5, 5.41) is 84.9. The Labute approximate surface area is 653 Å². The van der Waals surface area contributed by atoms with Gasteiger partial charge in [-0.05, 0) is 162 Å². The summed E-state index contributed by atoms with van der Waals surface area (Å²) in [6.07, 6.45) is 2.69. The second-order valence-corrected chi connectivity index (χ2v) is 27.9. The quantitative estimate of drug-likeness (QED) is 0.0108. The van der Waals surface area contributed by atoms with E-state index in [2.05, 4.69) is 58.5 Å². The molecule has 0 radical (unpaired) electrons. The molecule has 0 fully saturated rings. The number of carbonyl (C=O) groups excluding carboxylic acids is 10. The van der Waals surface area contributed by atoms with Gasteiger partial charge in [0, 0.05) is 160 Å². The maximum Gasteiger partial charge on any atom is 0.336 e. The lowest BCUT2D eigenvalue weighted by molar-refractivity contribution is -0.127. The summed E-state index contributed by atoms with van der Waals surface area (Å²) in [7, 11) is 0. The van der Waals surface area contributed by atoms with E-state index in [9.17, 15) is 72.9 Å². The first-order valence-corrected chi connectivity index (χ1v) is 37.8. The monoisotopic (exact) mass is 1570 g/mol. The van der Waals surface area contributed by atoms with Gasteiger partial charge in [-0.2, -0.15) is 0 Å². The molecule has 3 aromatic rings. The number of hydrogen-bond donors (Lipinski definition) is 24. The minimum atomic E-state index is -1.33. The summed E-state index contributed by atoms with van der Waals surface area (Å²) in [5.74, 6) is -8.12. The van der Waals surface area contributed by atoms with Crippen molar-refractivity contribution in [2.24, 2.45) is 40.1 Å². The van der Waals surface area contributed by atoms with Crippen LogP contribution < -0.4 is 104 Å². The number of aromatic hydroxyl groups is 2. The lowest BCUT2D eigenvalue weighted by Crippen LogP contribution is -2.47. The summed E-state index contributed by atoms with van der Waals surface area (Å²) in [5.41, 5.74) is 40.0. The molecule has 3 aromatic carbocycles. The molecule has 10 amide bonds. The summed E-state index contributed by atoms with van der Waals surface area (Å²) in [6, 6.07) is 12.9. The third kappa shape index (κ3) is 35.6. The van der Waals surface area contributed by atoms with Crippen LogP contribution in [0.1, 0.15) is 174 Å². The molecular weight excluding hydrogens is 1460 g/mol.